The molecule has 2 N–H and O–H groups in total. The average molecular weight is 319 g/mol. The quantitative estimate of drug-likeness (QED) is 0.632. The summed E-state index contributed by atoms with van der Waals surface area (Å²) in [5.41, 5.74) is -1.01. The Morgan fingerprint density at radius 1 is 1.41 bits per heavy atom. The van der Waals surface area contributed by atoms with Crippen LogP contribution in [0.25, 0.3) is 0 Å². The zero-order valence-electron chi connectivity index (χ0n) is 11.6. The van der Waals surface area contributed by atoms with E-state index in [0.717, 1.165) is 18.2 Å². The second-order valence-electron chi connectivity index (χ2n) is 5.07. The van der Waals surface area contributed by atoms with Crippen molar-refractivity contribution in [2.24, 2.45) is 0 Å². The van der Waals surface area contributed by atoms with Gasteiger partial charge in [0.1, 0.15) is 18.5 Å². The van der Waals surface area contributed by atoms with Crippen molar-refractivity contribution >= 4 is 5.69 Å². The number of nitrogens with one attached hydrogen (secondary N) is 1. The van der Waals surface area contributed by atoms with Crippen LogP contribution in [0, 0.1) is 15.9 Å². The summed E-state index contributed by atoms with van der Waals surface area (Å²) in [6.07, 6.45) is 0. The first kappa shape index (κ1) is 16.7. The Hall–Kier alpha value is -1.71. The van der Waals surface area contributed by atoms with E-state index in [1.54, 1.807) is 0 Å². The average Bonchev–Trinajstić information content (AvgIpc) is 2.48. The van der Waals surface area contributed by atoms with Gasteiger partial charge in [0.15, 0.2) is 0 Å². The van der Waals surface area contributed by atoms with Crippen molar-refractivity contribution in [1.29, 1.82) is 0 Å². The number of hydrogen-bond acceptors (Lipinski definition) is 5. The predicted octanol–water partition coefficient (Wildman–Crippen LogP) is 1.31. The molecule has 0 aliphatic carbocycles. The lowest BCUT2D eigenvalue weighted by atomic mass is 9.96. The van der Waals surface area contributed by atoms with Gasteiger partial charge in [-0.05, 0) is 12.1 Å². The Balaban J connectivity index is 2.53. The monoisotopic (exact) mass is 319 g/mol. The number of hydrogen-bond donors (Lipinski definition) is 2. The number of aliphatic hydroxyl groups is 1. The summed E-state index contributed by atoms with van der Waals surface area (Å²) in [7, 11) is 0. The van der Waals surface area contributed by atoms with Crippen LogP contribution >= 0.6 is 0 Å². The molecule has 1 aliphatic heterocycles. The van der Waals surface area contributed by atoms with Crippen molar-refractivity contribution in [1.82, 2.24) is 10.2 Å². The highest BCUT2D eigenvalue weighted by molar-refractivity contribution is 5.43. The van der Waals surface area contributed by atoms with Crippen molar-refractivity contribution in [2.45, 2.75) is 12.0 Å². The van der Waals surface area contributed by atoms with Crippen molar-refractivity contribution in [3.8, 4) is 0 Å². The zero-order valence-corrected chi connectivity index (χ0v) is 11.6. The van der Waals surface area contributed by atoms with Crippen molar-refractivity contribution in [3.05, 3.63) is 39.7 Å². The normalized spacial score (nSPS) is 18.2. The number of benzene rings is 1. The first-order chi connectivity index (χ1) is 10.4. The third-order valence-corrected chi connectivity index (χ3v) is 3.61. The first-order valence-electron chi connectivity index (χ1n) is 6.74. The van der Waals surface area contributed by atoms with E-state index in [4.69, 9.17) is 5.11 Å². The second-order valence-corrected chi connectivity index (χ2v) is 5.07. The Labute approximate surface area is 124 Å². The maximum absolute atomic E-state index is 14.2. The third kappa shape index (κ3) is 3.37. The molecule has 1 aromatic rings. The van der Waals surface area contributed by atoms with E-state index in [9.17, 15) is 23.3 Å². The summed E-state index contributed by atoms with van der Waals surface area (Å²) in [5, 5.41) is 23.1. The maximum Gasteiger partial charge on any atom is 0.290 e. The first-order valence-corrected chi connectivity index (χ1v) is 6.74. The molecule has 9 heteroatoms. The topological polar surface area (TPSA) is 78.6 Å². The molecular formula is C13H16F3N3O3. The highest BCUT2D eigenvalue weighted by Crippen LogP contribution is 2.40. The second kappa shape index (κ2) is 6.59. The lowest BCUT2D eigenvalue weighted by Gasteiger charge is -2.38. The zero-order chi connectivity index (χ0) is 16.3. The third-order valence-electron chi connectivity index (χ3n) is 3.61. The molecule has 1 aliphatic rings. The van der Waals surface area contributed by atoms with Gasteiger partial charge < -0.3 is 10.4 Å². The molecule has 0 spiro atoms. The van der Waals surface area contributed by atoms with E-state index in [2.05, 4.69) is 5.32 Å². The fourth-order valence-corrected chi connectivity index (χ4v) is 2.63. The van der Waals surface area contributed by atoms with E-state index in [0.29, 0.717) is 13.1 Å². The molecule has 22 heavy (non-hydrogen) atoms. The van der Waals surface area contributed by atoms with Gasteiger partial charge in [0.2, 0.25) is 0 Å². The van der Waals surface area contributed by atoms with Crippen LogP contribution in [-0.4, -0.2) is 53.6 Å². The number of nitro benzene ring substituents is 1. The molecule has 1 atom stereocenters. The minimum atomic E-state index is -3.63. The molecule has 0 aromatic heterocycles. The van der Waals surface area contributed by atoms with E-state index in [1.807, 2.05) is 0 Å². The number of halogens is 3. The van der Waals surface area contributed by atoms with Crippen LogP contribution in [0.15, 0.2) is 18.2 Å². The number of rotatable bonds is 5. The van der Waals surface area contributed by atoms with Crippen molar-refractivity contribution in [2.75, 3.05) is 32.8 Å². The summed E-state index contributed by atoms with van der Waals surface area (Å²) >= 11 is 0. The summed E-state index contributed by atoms with van der Waals surface area (Å²) in [4.78, 5) is 11.6. The van der Waals surface area contributed by atoms with Crippen LogP contribution in [0.1, 0.15) is 11.6 Å². The Morgan fingerprint density at radius 3 is 2.59 bits per heavy atom. The predicted molar refractivity (Wildman–Crippen MR) is 72.3 cm³/mol. The highest BCUT2D eigenvalue weighted by atomic mass is 19.3. The van der Waals surface area contributed by atoms with E-state index in [1.165, 1.54) is 4.90 Å². The van der Waals surface area contributed by atoms with Gasteiger partial charge >= 0.3 is 0 Å². The fraction of sp³-hybridized carbons (Fsp3) is 0.538. The number of aliphatic hydroxyl groups excluding tert-OH is 1. The van der Waals surface area contributed by atoms with Crippen LogP contribution in [0.5, 0.6) is 0 Å². The number of nitrogens with zero attached hydrogens (tertiary/aromatic N) is 2. The standard InChI is InChI=1S/C13H16F3N3O3/c14-9-1-2-11(19(21)22)10(7-9)12(13(15,16)8-20)18-5-3-17-4-6-18/h1-2,7,12,17,20H,3-6,8H2/t12-/m0/s1. The molecule has 0 unspecified atom stereocenters. The van der Waals surface area contributed by atoms with E-state index < -0.39 is 40.6 Å². The molecule has 1 heterocycles. The van der Waals surface area contributed by atoms with Gasteiger partial charge in [0, 0.05) is 32.2 Å². The van der Waals surface area contributed by atoms with E-state index in [-0.39, 0.29) is 13.1 Å². The minimum Gasteiger partial charge on any atom is -0.390 e. The Morgan fingerprint density at radius 2 is 2.05 bits per heavy atom. The summed E-state index contributed by atoms with van der Waals surface area (Å²) in [5.74, 6) is -4.47. The van der Waals surface area contributed by atoms with Crippen LogP contribution in [0.3, 0.4) is 0 Å². The molecule has 0 saturated carbocycles. The lowest BCUT2D eigenvalue weighted by molar-refractivity contribution is -0.386. The van der Waals surface area contributed by atoms with Gasteiger partial charge in [-0.3, -0.25) is 15.0 Å². The van der Waals surface area contributed by atoms with Crippen LogP contribution < -0.4 is 5.32 Å². The van der Waals surface area contributed by atoms with Crippen LogP contribution in [-0.2, 0) is 0 Å². The number of piperazine rings is 1. The lowest BCUT2D eigenvalue weighted by Crippen LogP contribution is -2.51. The van der Waals surface area contributed by atoms with Gasteiger partial charge in [-0.25, -0.2) is 13.2 Å². The molecule has 0 radical (unpaired) electrons. The van der Waals surface area contributed by atoms with Gasteiger partial charge in [0.25, 0.3) is 11.6 Å². The fourth-order valence-electron chi connectivity index (χ4n) is 2.63. The molecule has 0 bridgehead atoms. The summed E-state index contributed by atoms with van der Waals surface area (Å²) in [6.45, 7) is -0.181. The SMILES string of the molecule is O=[N+]([O-])c1ccc(F)cc1[C@H](N1CCNCC1)C(F)(F)CO. The molecule has 1 fully saturated rings. The Kier molecular flexibility index (Phi) is 4.99. The van der Waals surface area contributed by atoms with Gasteiger partial charge in [-0.2, -0.15) is 0 Å². The summed E-state index contributed by atoms with van der Waals surface area (Å²) in [6, 6.07) is 0.714. The van der Waals surface area contributed by atoms with E-state index >= 15 is 0 Å². The van der Waals surface area contributed by atoms with Gasteiger partial charge in [-0.1, -0.05) is 0 Å². The molecule has 6 nitrogen and oxygen atoms in total. The largest absolute Gasteiger partial charge is 0.390 e. The van der Waals surface area contributed by atoms with Crippen molar-refractivity contribution < 1.29 is 23.2 Å². The highest BCUT2D eigenvalue weighted by Gasteiger charge is 2.46. The van der Waals surface area contributed by atoms with Gasteiger partial charge in [-0.15, -0.1) is 0 Å². The molecule has 1 saturated heterocycles. The smallest absolute Gasteiger partial charge is 0.290 e. The molecular weight excluding hydrogens is 303 g/mol. The van der Waals surface area contributed by atoms with Crippen LogP contribution in [0.4, 0.5) is 18.9 Å². The Bertz CT molecular complexity index is 551. The van der Waals surface area contributed by atoms with Crippen molar-refractivity contribution in [3.63, 3.8) is 0 Å². The molecule has 1 aromatic carbocycles. The van der Waals surface area contributed by atoms with Gasteiger partial charge in [0.05, 0.1) is 10.5 Å². The molecule has 122 valence electrons. The number of nitro groups is 1. The van der Waals surface area contributed by atoms with Crippen LogP contribution in [0.2, 0.25) is 0 Å². The summed E-state index contributed by atoms with van der Waals surface area (Å²) < 4.78 is 41.9. The minimum absolute atomic E-state index is 0.216. The maximum atomic E-state index is 14.2. The molecule has 2 rings (SSSR count). The number of alkyl halides is 2. The molecule has 0 amide bonds.